The molecule has 0 aromatic carbocycles. The second kappa shape index (κ2) is 7.23. The van der Waals surface area contributed by atoms with Crippen LogP contribution in [0.15, 0.2) is 0 Å². The van der Waals surface area contributed by atoms with E-state index in [0.29, 0.717) is 18.9 Å². The molecule has 1 amide bonds. The van der Waals surface area contributed by atoms with Gasteiger partial charge in [0.15, 0.2) is 0 Å². The number of amides is 1. The topological polar surface area (TPSA) is 92.4 Å². The van der Waals surface area contributed by atoms with Crippen LogP contribution in [0.4, 0.5) is 0 Å². The molecule has 0 aromatic heterocycles. The maximum Gasteiger partial charge on any atom is 0.322 e. The van der Waals surface area contributed by atoms with Crippen molar-refractivity contribution >= 4 is 11.9 Å². The number of nitrogens with two attached hydrogens (primary N) is 1. The highest BCUT2D eigenvalue weighted by Crippen LogP contribution is 2.13. The number of nitrogens with one attached hydrogen (secondary N) is 1. The SMILES string of the molecule is CC(C)C[C@H](CN)CC(=O)NCC(=O)O. The van der Waals surface area contributed by atoms with Crippen molar-refractivity contribution in [3.05, 3.63) is 0 Å². The molecule has 0 unspecified atom stereocenters. The lowest BCUT2D eigenvalue weighted by molar-refractivity contribution is -0.138. The smallest absolute Gasteiger partial charge is 0.322 e. The first kappa shape index (κ1) is 13.9. The third kappa shape index (κ3) is 7.93. The van der Waals surface area contributed by atoms with E-state index in [4.69, 9.17) is 10.8 Å². The lowest BCUT2D eigenvalue weighted by atomic mass is 9.94. The van der Waals surface area contributed by atoms with Crippen LogP contribution in [0.3, 0.4) is 0 Å². The summed E-state index contributed by atoms with van der Waals surface area (Å²) >= 11 is 0. The molecular formula is C10H20N2O3. The van der Waals surface area contributed by atoms with Crippen molar-refractivity contribution in [1.82, 2.24) is 5.32 Å². The number of carboxylic acid groups (broad SMARTS) is 1. The molecule has 0 radical (unpaired) electrons. The molecule has 4 N–H and O–H groups in total. The first-order valence-corrected chi connectivity index (χ1v) is 5.14. The number of rotatable bonds is 7. The van der Waals surface area contributed by atoms with Crippen LogP contribution in [0.5, 0.6) is 0 Å². The first-order valence-electron chi connectivity index (χ1n) is 5.14. The van der Waals surface area contributed by atoms with Gasteiger partial charge in [-0.1, -0.05) is 13.8 Å². The van der Waals surface area contributed by atoms with Gasteiger partial charge >= 0.3 is 5.97 Å². The van der Waals surface area contributed by atoms with E-state index in [-0.39, 0.29) is 18.4 Å². The number of aliphatic carboxylic acids is 1. The third-order valence-corrected chi connectivity index (χ3v) is 2.05. The van der Waals surface area contributed by atoms with Gasteiger partial charge in [0.05, 0.1) is 0 Å². The summed E-state index contributed by atoms with van der Waals surface area (Å²) in [5.41, 5.74) is 5.53. The van der Waals surface area contributed by atoms with Crippen LogP contribution in [0, 0.1) is 11.8 Å². The second-order valence-corrected chi connectivity index (χ2v) is 4.11. The zero-order valence-electron chi connectivity index (χ0n) is 9.32. The minimum atomic E-state index is -1.03. The molecule has 0 saturated heterocycles. The highest BCUT2D eigenvalue weighted by Gasteiger charge is 2.14. The van der Waals surface area contributed by atoms with E-state index in [0.717, 1.165) is 6.42 Å². The lowest BCUT2D eigenvalue weighted by Gasteiger charge is -2.16. The average Bonchev–Trinajstić information content (AvgIpc) is 2.13. The average molecular weight is 216 g/mol. The van der Waals surface area contributed by atoms with E-state index >= 15 is 0 Å². The minimum Gasteiger partial charge on any atom is -0.480 e. The van der Waals surface area contributed by atoms with Crippen LogP contribution in [0.25, 0.3) is 0 Å². The predicted molar refractivity (Wildman–Crippen MR) is 57.3 cm³/mol. The number of hydrogen-bond donors (Lipinski definition) is 3. The summed E-state index contributed by atoms with van der Waals surface area (Å²) in [7, 11) is 0. The Labute approximate surface area is 90.0 Å². The number of carbonyl (C=O) groups excluding carboxylic acids is 1. The van der Waals surface area contributed by atoms with Crippen LogP contribution in [-0.2, 0) is 9.59 Å². The zero-order chi connectivity index (χ0) is 11.8. The molecule has 0 spiro atoms. The normalized spacial score (nSPS) is 12.5. The molecule has 88 valence electrons. The maximum absolute atomic E-state index is 11.3. The van der Waals surface area contributed by atoms with Gasteiger partial charge in [-0.25, -0.2) is 0 Å². The molecule has 0 bridgehead atoms. The molecule has 0 aliphatic rings. The van der Waals surface area contributed by atoms with E-state index < -0.39 is 5.97 Å². The van der Waals surface area contributed by atoms with Gasteiger partial charge in [-0.3, -0.25) is 9.59 Å². The van der Waals surface area contributed by atoms with Gasteiger partial charge in [0.25, 0.3) is 0 Å². The maximum atomic E-state index is 11.3. The largest absolute Gasteiger partial charge is 0.480 e. The van der Waals surface area contributed by atoms with Crippen LogP contribution in [0.1, 0.15) is 26.7 Å². The molecule has 0 rings (SSSR count). The van der Waals surface area contributed by atoms with Crippen LogP contribution in [0.2, 0.25) is 0 Å². The molecule has 0 heterocycles. The quantitative estimate of drug-likeness (QED) is 0.566. The van der Waals surface area contributed by atoms with Gasteiger partial charge in [-0.15, -0.1) is 0 Å². The van der Waals surface area contributed by atoms with Crippen molar-refractivity contribution in [2.45, 2.75) is 26.7 Å². The summed E-state index contributed by atoms with van der Waals surface area (Å²) in [6.07, 6.45) is 1.19. The van der Waals surface area contributed by atoms with Crippen LogP contribution in [-0.4, -0.2) is 30.1 Å². The Bertz CT molecular complexity index is 217. The predicted octanol–water partition coefficient (Wildman–Crippen LogP) is 0.198. The summed E-state index contributed by atoms with van der Waals surface area (Å²) in [4.78, 5) is 21.5. The molecule has 15 heavy (non-hydrogen) atoms. The van der Waals surface area contributed by atoms with Crippen molar-refractivity contribution in [3.8, 4) is 0 Å². The fourth-order valence-corrected chi connectivity index (χ4v) is 1.44. The van der Waals surface area contributed by atoms with Gasteiger partial charge < -0.3 is 16.2 Å². The van der Waals surface area contributed by atoms with E-state index in [1.807, 2.05) is 0 Å². The Morgan fingerprint density at radius 1 is 1.40 bits per heavy atom. The lowest BCUT2D eigenvalue weighted by Crippen LogP contribution is -2.32. The highest BCUT2D eigenvalue weighted by molar-refractivity contribution is 5.81. The second-order valence-electron chi connectivity index (χ2n) is 4.11. The Hall–Kier alpha value is -1.10. The number of hydrogen-bond acceptors (Lipinski definition) is 3. The summed E-state index contributed by atoms with van der Waals surface area (Å²) in [5.74, 6) is -0.644. The third-order valence-electron chi connectivity index (χ3n) is 2.05. The van der Waals surface area contributed by atoms with Crippen molar-refractivity contribution in [1.29, 1.82) is 0 Å². The molecule has 0 saturated carbocycles. The Balaban J connectivity index is 3.85. The molecule has 0 aliphatic carbocycles. The molecular weight excluding hydrogens is 196 g/mol. The van der Waals surface area contributed by atoms with Gasteiger partial charge in [-0.2, -0.15) is 0 Å². The highest BCUT2D eigenvalue weighted by atomic mass is 16.4. The molecule has 0 aromatic rings. The van der Waals surface area contributed by atoms with Crippen molar-refractivity contribution in [2.75, 3.05) is 13.1 Å². The summed E-state index contributed by atoms with van der Waals surface area (Å²) in [6, 6.07) is 0. The van der Waals surface area contributed by atoms with Crippen LogP contribution >= 0.6 is 0 Å². The van der Waals surface area contributed by atoms with E-state index in [9.17, 15) is 9.59 Å². The van der Waals surface area contributed by atoms with E-state index in [2.05, 4.69) is 19.2 Å². The fourth-order valence-electron chi connectivity index (χ4n) is 1.44. The molecule has 0 fully saturated rings. The number of carboxylic acids is 1. The monoisotopic (exact) mass is 216 g/mol. The molecule has 0 aliphatic heterocycles. The van der Waals surface area contributed by atoms with Gasteiger partial charge in [0.2, 0.25) is 5.91 Å². The van der Waals surface area contributed by atoms with Gasteiger partial charge in [-0.05, 0) is 24.8 Å². The van der Waals surface area contributed by atoms with Gasteiger partial charge in [0, 0.05) is 6.42 Å². The molecule has 1 atom stereocenters. The summed E-state index contributed by atoms with van der Waals surface area (Å²) in [5, 5.41) is 10.7. The van der Waals surface area contributed by atoms with Gasteiger partial charge in [0.1, 0.15) is 6.54 Å². The van der Waals surface area contributed by atoms with Crippen molar-refractivity contribution in [2.24, 2.45) is 17.6 Å². The summed E-state index contributed by atoms with van der Waals surface area (Å²) < 4.78 is 0. The van der Waals surface area contributed by atoms with E-state index in [1.165, 1.54) is 0 Å². The fraction of sp³-hybridized carbons (Fsp3) is 0.800. The van der Waals surface area contributed by atoms with Crippen molar-refractivity contribution < 1.29 is 14.7 Å². The standard InChI is InChI=1S/C10H20N2O3/c1-7(2)3-8(5-11)4-9(13)12-6-10(14)15/h7-8H,3-6,11H2,1-2H3,(H,12,13)(H,14,15)/t8-/m0/s1. The zero-order valence-corrected chi connectivity index (χ0v) is 9.32. The summed E-state index contributed by atoms with van der Waals surface area (Å²) in [6.45, 7) is 4.27. The van der Waals surface area contributed by atoms with Crippen molar-refractivity contribution in [3.63, 3.8) is 0 Å². The molecule has 5 nitrogen and oxygen atoms in total. The van der Waals surface area contributed by atoms with Crippen LogP contribution < -0.4 is 11.1 Å². The Morgan fingerprint density at radius 2 is 2.00 bits per heavy atom. The van der Waals surface area contributed by atoms with E-state index in [1.54, 1.807) is 0 Å². The first-order chi connectivity index (χ1) is 6.95. The Morgan fingerprint density at radius 3 is 2.40 bits per heavy atom. The number of carbonyl (C=O) groups is 2. The Kier molecular flexibility index (Phi) is 6.70. The minimum absolute atomic E-state index is 0.138. The molecule has 5 heteroatoms.